The van der Waals surface area contributed by atoms with Crippen LogP contribution in [0.5, 0.6) is 6.01 Å². The van der Waals surface area contributed by atoms with Crippen LogP contribution in [0, 0.1) is 0 Å². The molecule has 0 aliphatic carbocycles. The van der Waals surface area contributed by atoms with Gasteiger partial charge >= 0.3 is 17.9 Å². The molecule has 3 rings (SSSR count). The number of nitrogens with two attached hydrogens (primary N) is 1. The van der Waals surface area contributed by atoms with Gasteiger partial charge in [0.25, 0.3) is 17.5 Å². The highest BCUT2D eigenvalue weighted by Gasteiger charge is 2.36. The van der Waals surface area contributed by atoms with Gasteiger partial charge in [0.2, 0.25) is 5.91 Å². The Balaban J connectivity index is 1.87. The van der Waals surface area contributed by atoms with Gasteiger partial charge in [-0.1, -0.05) is 6.07 Å². The van der Waals surface area contributed by atoms with Crippen LogP contribution in [-0.4, -0.2) is 85.6 Å². The molecule has 0 saturated heterocycles. The quantitative estimate of drug-likeness (QED) is 0.164. The molecule has 0 spiro atoms. The zero-order valence-electron chi connectivity index (χ0n) is 24.1. The lowest BCUT2D eigenvalue weighted by molar-refractivity contribution is -0.149. The van der Waals surface area contributed by atoms with E-state index in [2.05, 4.69) is 9.97 Å². The summed E-state index contributed by atoms with van der Waals surface area (Å²) in [7, 11) is 1.40. The molecule has 0 fully saturated rings. The fraction of sp³-hybridized carbons (Fsp3) is 0.345. The number of carboxylic acid groups (broad SMARTS) is 3. The molecule has 0 aliphatic rings. The van der Waals surface area contributed by atoms with Crippen molar-refractivity contribution in [1.82, 2.24) is 14.9 Å². The van der Waals surface area contributed by atoms with Crippen molar-refractivity contribution in [1.29, 1.82) is 0 Å². The van der Waals surface area contributed by atoms with Crippen molar-refractivity contribution in [3.63, 3.8) is 0 Å². The highest BCUT2D eigenvalue weighted by molar-refractivity contribution is 6.07. The number of benzene rings is 2. The fourth-order valence-electron chi connectivity index (χ4n) is 4.49. The number of carbonyl (C=O) groups is 5. The second-order valence-corrected chi connectivity index (χ2v) is 9.83. The van der Waals surface area contributed by atoms with Crippen molar-refractivity contribution < 1.29 is 44.0 Å². The number of carboxylic acids is 3. The number of H-pyrrole nitrogens is 1. The number of hydrogen-bond acceptors (Lipinski definition) is 10. The maximum Gasteiger partial charge on any atom is 0.326 e. The number of fused-ring (bicyclic) bond motifs is 1. The minimum atomic E-state index is -1.80. The van der Waals surface area contributed by atoms with E-state index in [-0.39, 0.29) is 23.6 Å². The lowest BCUT2D eigenvalue weighted by atomic mass is 10.0. The number of ether oxygens (including phenoxy) is 1. The summed E-state index contributed by atoms with van der Waals surface area (Å²) < 4.78 is 5.00. The van der Waals surface area contributed by atoms with Crippen LogP contribution in [-0.2, 0) is 25.7 Å². The standard InChI is InChI=1S/C29H33N5O10/c1-3-33(15-16-4-10-21-19(14-16)25(38)32-29(31-21)44-2)18-7-5-17(6-8-18)26(39)34(22(28(42)43)11-13-24(36)37)23(35)12-9-20(30)27(40)41/h4-8,10,14,20,22H,3,9,11-13,15,30H2,1-2H3,(H,36,37)(H,40,41)(H,42,43)(H,31,32,38)/t20-,22+/m0/s1. The number of amides is 2. The van der Waals surface area contributed by atoms with Gasteiger partial charge in [-0.15, -0.1) is 0 Å². The summed E-state index contributed by atoms with van der Waals surface area (Å²) in [6.07, 6.45) is -2.09. The second-order valence-electron chi connectivity index (χ2n) is 9.83. The zero-order chi connectivity index (χ0) is 32.6. The zero-order valence-corrected chi connectivity index (χ0v) is 24.1. The normalized spacial score (nSPS) is 12.2. The summed E-state index contributed by atoms with van der Waals surface area (Å²) in [5.74, 6) is -6.27. The Morgan fingerprint density at radius 2 is 1.66 bits per heavy atom. The number of nitrogens with one attached hydrogen (secondary N) is 1. The highest BCUT2D eigenvalue weighted by atomic mass is 16.5. The van der Waals surface area contributed by atoms with Crippen LogP contribution in [0.15, 0.2) is 47.3 Å². The monoisotopic (exact) mass is 611 g/mol. The highest BCUT2D eigenvalue weighted by Crippen LogP contribution is 2.22. The van der Waals surface area contributed by atoms with E-state index in [9.17, 15) is 33.9 Å². The van der Waals surface area contributed by atoms with Gasteiger partial charge in [-0.2, -0.15) is 4.98 Å². The van der Waals surface area contributed by atoms with Gasteiger partial charge in [0.15, 0.2) is 0 Å². The molecular formula is C29H33N5O10. The van der Waals surface area contributed by atoms with E-state index in [0.717, 1.165) is 5.56 Å². The van der Waals surface area contributed by atoms with Crippen LogP contribution in [0.25, 0.3) is 10.9 Å². The number of imide groups is 1. The predicted octanol–water partition coefficient (Wildman–Crippen LogP) is 1.44. The van der Waals surface area contributed by atoms with Crippen LogP contribution < -0.4 is 20.9 Å². The minimum Gasteiger partial charge on any atom is -0.481 e. The number of carbonyl (C=O) groups excluding carboxylic acids is 2. The summed E-state index contributed by atoms with van der Waals surface area (Å²) in [6.45, 7) is 2.82. The summed E-state index contributed by atoms with van der Waals surface area (Å²) in [5.41, 5.74) is 7.01. The smallest absolute Gasteiger partial charge is 0.326 e. The predicted molar refractivity (Wildman–Crippen MR) is 156 cm³/mol. The van der Waals surface area contributed by atoms with Crippen LogP contribution in [0.1, 0.15) is 48.5 Å². The van der Waals surface area contributed by atoms with Crippen molar-refractivity contribution >= 4 is 46.3 Å². The molecule has 1 aromatic heterocycles. The van der Waals surface area contributed by atoms with E-state index in [1.165, 1.54) is 19.2 Å². The average molecular weight is 612 g/mol. The molecule has 15 nitrogen and oxygen atoms in total. The van der Waals surface area contributed by atoms with Gasteiger partial charge in [-0.05, 0) is 61.7 Å². The van der Waals surface area contributed by atoms with Crippen molar-refractivity contribution in [3.8, 4) is 6.01 Å². The second kappa shape index (κ2) is 14.7. The summed E-state index contributed by atoms with van der Waals surface area (Å²) in [5, 5.41) is 28.2. The van der Waals surface area contributed by atoms with Crippen molar-refractivity contribution in [3.05, 3.63) is 63.9 Å². The minimum absolute atomic E-state index is 0.0421. The molecule has 0 bridgehead atoms. The fourth-order valence-corrected chi connectivity index (χ4v) is 4.49. The third-order valence-electron chi connectivity index (χ3n) is 6.88. The largest absolute Gasteiger partial charge is 0.481 e. The first-order valence-electron chi connectivity index (χ1n) is 13.6. The first kappa shape index (κ1) is 33.2. The lowest BCUT2D eigenvalue weighted by Gasteiger charge is -2.28. The SMILES string of the molecule is CCN(Cc1ccc2nc(OC)[nH]c(=O)c2c1)c1ccc(C(=O)N(C(=O)CC[C@H](N)C(=O)O)[C@H](CCC(=O)O)C(=O)O)cc1. The van der Waals surface area contributed by atoms with Crippen LogP contribution in [0.3, 0.4) is 0 Å². The molecule has 0 unspecified atom stereocenters. The summed E-state index contributed by atoms with van der Waals surface area (Å²) >= 11 is 0. The van der Waals surface area contributed by atoms with Gasteiger partial charge in [-0.3, -0.25) is 33.9 Å². The molecule has 0 saturated carbocycles. The third kappa shape index (κ3) is 8.16. The molecule has 3 aromatic rings. The molecule has 2 atom stereocenters. The molecule has 2 aromatic carbocycles. The topological polar surface area (TPSA) is 234 Å². The Bertz CT molecular complexity index is 1600. The number of methoxy groups -OCH3 is 1. The Kier molecular flexibility index (Phi) is 11.1. The molecule has 0 radical (unpaired) electrons. The van der Waals surface area contributed by atoms with Gasteiger partial charge in [-0.25, -0.2) is 4.79 Å². The van der Waals surface area contributed by atoms with Crippen LogP contribution >= 0.6 is 0 Å². The van der Waals surface area contributed by atoms with Crippen LogP contribution in [0.4, 0.5) is 5.69 Å². The lowest BCUT2D eigenvalue weighted by Crippen LogP contribution is -2.49. The molecule has 1 heterocycles. The number of aromatic amines is 1. The Morgan fingerprint density at radius 3 is 2.23 bits per heavy atom. The number of anilines is 1. The molecule has 15 heteroatoms. The van der Waals surface area contributed by atoms with Gasteiger partial charge in [0.05, 0.1) is 18.0 Å². The van der Waals surface area contributed by atoms with Crippen molar-refractivity contribution in [2.24, 2.45) is 5.73 Å². The first-order chi connectivity index (χ1) is 20.9. The van der Waals surface area contributed by atoms with Gasteiger partial charge in [0, 0.05) is 37.2 Å². The molecule has 0 aliphatic heterocycles. The Morgan fingerprint density at radius 1 is 0.977 bits per heavy atom. The van der Waals surface area contributed by atoms with Gasteiger partial charge < -0.3 is 30.7 Å². The molecular weight excluding hydrogens is 578 g/mol. The number of aromatic nitrogens is 2. The third-order valence-corrected chi connectivity index (χ3v) is 6.88. The molecule has 44 heavy (non-hydrogen) atoms. The van der Waals surface area contributed by atoms with E-state index in [0.29, 0.717) is 34.6 Å². The molecule has 234 valence electrons. The first-order valence-corrected chi connectivity index (χ1v) is 13.6. The maximum atomic E-state index is 13.5. The molecule has 6 N–H and O–H groups in total. The maximum absolute atomic E-state index is 13.5. The number of rotatable bonds is 15. The Labute approximate surface area is 250 Å². The van der Waals surface area contributed by atoms with E-state index < -0.39 is 61.1 Å². The van der Waals surface area contributed by atoms with E-state index in [4.69, 9.17) is 20.7 Å². The van der Waals surface area contributed by atoms with E-state index in [1.807, 2.05) is 17.9 Å². The molecule has 2 amide bonds. The van der Waals surface area contributed by atoms with E-state index >= 15 is 0 Å². The Hall–Kier alpha value is -5.31. The number of aliphatic carboxylic acids is 3. The average Bonchev–Trinajstić information content (AvgIpc) is 2.99. The number of hydrogen-bond donors (Lipinski definition) is 5. The van der Waals surface area contributed by atoms with E-state index in [1.54, 1.807) is 24.3 Å². The van der Waals surface area contributed by atoms with Crippen LogP contribution in [0.2, 0.25) is 0 Å². The van der Waals surface area contributed by atoms with Crippen molar-refractivity contribution in [2.75, 3.05) is 18.6 Å². The summed E-state index contributed by atoms with van der Waals surface area (Å²) in [6, 6.07) is 8.13. The summed E-state index contributed by atoms with van der Waals surface area (Å²) in [4.78, 5) is 82.4. The van der Waals surface area contributed by atoms with Gasteiger partial charge in [0.1, 0.15) is 12.1 Å². The van der Waals surface area contributed by atoms with Crippen molar-refractivity contribution in [2.45, 2.75) is 51.2 Å². The number of nitrogens with zero attached hydrogens (tertiary/aromatic N) is 3.